The highest BCUT2D eigenvalue weighted by Crippen LogP contribution is 2.32. The van der Waals surface area contributed by atoms with Crippen molar-refractivity contribution < 1.29 is 9.90 Å². The van der Waals surface area contributed by atoms with Gasteiger partial charge in [0.05, 0.1) is 10.0 Å². The van der Waals surface area contributed by atoms with E-state index in [0.717, 1.165) is 0 Å². The Morgan fingerprint density at radius 2 is 1.75 bits per heavy atom. The van der Waals surface area contributed by atoms with Crippen molar-refractivity contribution in [3.63, 3.8) is 0 Å². The molecule has 12 heavy (non-hydrogen) atoms. The second-order valence-electron chi connectivity index (χ2n) is 2.15. The molecule has 0 spiro atoms. The molecule has 0 atom stereocenters. The number of primary amides is 1. The molecule has 64 valence electrons. The lowest BCUT2D eigenvalue weighted by Gasteiger charge is -2.01. The standard InChI is InChI=1S/C7H5Cl2NO2/c8-4-1-3(7(10)12)2-5(9)6(4)11/h1-2,11H,(H2,10,12). The number of carbonyl (C=O) groups is 1. The summed E-state index contributed by atoms with van der Waals surface area (Å²) in [5, 5.41) is 9.12. The van der Waals surface area contributed by atoms with Crippen LogP contribution in [0.3, 0.4) is 0 Å². The summed E-state index contributed by atoms with van der Waals surface area (Å²) >= 11 is 11.0. The second kappa shape index (κ2) is 3.21. The molecule has 1 rings (SSSR count). The van der Waals surface area contributed by atoms with Gasteiger partial charge >= 0.3 is 0 Å². The highest BCUT2D eigenvalue weighted by Gasteiger charge is 2.09. The maximum absolute atomic E-state index is 10.6. The van der Waals surface area contributed by atoms with Crippen molar-refractivity contribution in [3.05, 3.63) is 27.7 Å². The first kappa shape index (κ1) is 9.16. The lowest BCUT2D eigenvalue weighted by atomic mass is 10.2. The van der Waals surface area contributed by atoms with Crippen molar-refractivity contribution in [3.8, 4) is 5.75 Å². The minimum Gasteiger partial charge on any atom is -0.505 e. The van der Waals surface area contributed by atoms with E-state index < -0.39 is 5.91 Å². The molecule has 5 heteroatoms. The van der Waals surface area contributed by atoms with E-state index >= 15 is 0 Å². The van der Waals surface area contributed by atoms with Crippen molar-refractivity contribution in [2.24, 2.45) is 5.73 Å². The predicted octanol–water partition coefficient (Wildman–Crippen LogP) is 1.80. The van der Waals surface area contributed by atoms with E-state index in [9.17, 15) is 4.79 Å². The van der Waals surface area contributed by atoms with Crippen molar-refractivity contribution in [1.29, 1.82) is 0 Å². The number of amides is 1. The Hall–Kier alpha value is -0.930. The third-order valence-corrected chi connectivity index (χ3v) is 1.88. The van der Waals surface area contributed by atoms with Crippen LogP contribution in [-0.2, 0) is 0 Å². The number of aromatic hydroxyl groups is 1. The molecule has 0 unspecified atom stereocenters. The molecule has 3 N–H and O–H groups in total. The zero-order valence-corrected chi connectivity index (χ0v) is 7.36. The van der Waals surface area contributed by atoms with Crippen LogP contribution < -0.4 is 5.73 Å². The molecular formula is C7H5Cl2NO2. The average Bonchev–Trinajstić information content (AvgIpc) is 1.99. The molecule has 3 nitrogen and oxygen atoms in total. The van der Waals surface area contributed by atoms with Crippen molar-refractivity contribution in [2.45, 2.75) is 0 Å². The quantitative estimate of drug-likeness (QED) is 0.735. The molecule has 1 aromatic carbocycles. The predicted molar refractivity (Wildman–Crippen MR) is 46.6 cm³/mol. The van der Waals surface area contributed by atoms with Crippen LogP contribution in [0.2, 0.25) is 10.0 Å². The Balaban J connectivity index is 3.31. The molecule has 0 bridgehead atoms. The Bertz CT molecular complexity index is 315. The zero-order chi connectivity index (χ0) is 9.30. The van der Waals surface area contributed by atoms with E-state index in [1.807, 2.05) is 0 Å². The van der Waals surface area contributed by atoms with E-state index in [1.54, 1.807) is 0 Å². The summed E-state index contributed by atoms with van der Waals surface area (Å²) in [6, 6.07) is 2.51. The van der Waals surface area contributed by atoms with Gasteiger partial charge in [-0.05, 0) is 12.1 Å². The third kappa shape index (κ3) is 1.62. The summed E-state index contributed by atoms with van der Waals surface area (Å²) < 4.78 is 0. The fraction of sp³-hybridized carbons (Fsp3) is 0. The van der Waals surface area contributed by atoms with Crippen LogP contribution >= 0.6 is 23.2 Å². The molecule has 0 heterocycles. The molecule has 0 radical (unpaired) electrons. The summed E-state index contributed by atoms with van der Waals surface area (Å²) in [6.45, 7) is 0. The van der Waals surface area contributed by atoms with Crippen LogP contribution in [-0.4, -0.2) is 11.0 Å². The Morgan fingerprint density at radius 1 is 1.33 bits per heavy atom. The zero-order valence-electron chi connectivity index (χ0n) is 5.84. The first-order valence-corrected chi connectivity index (χ1v) is 3.76. The number of carbonyl (C=O) groups excluding carboxylic acids is 1. The van der Waals surface area contributed by atoms with Crippen LogP contribution in [0.1, 0.15) is 10.4 Å². The normalized spacial score (nSPS) is 9.83. The number of benzene rings is 1. The number of nitrogens with two attached hydrogens (primary N) is 1. The van der Waals surface area contributed by atoms with Crippen LogP contribution in [0.15, 0.2) is 12.1 Å². The van der Waals surface area contributed by atoms with E-state index in [-0.39, 0.29) is 21.4 Å². The molecular weight excluding hydrogens is 201 g/mol. The molecule has 0 saturated carbocycles. The Labute approximate surface area is 78.7 Å². The maximum Gasteiger partial charge on any atom is 0.248 e. The summed E-state index contributed by atoms with van der Waals surface area (Å²) in [4.78, 5) is 10.6. The summed E-state index contributed by atoms with van der Waals surface area (Å²) in [7, 11) is 0. The molecule has 0 fully saturated rings. The minimum atomic E-state index is -0.640. The first-order chi connectivity index (χ1) is 5.52. The summed E-state index contributed by atoms with van der Waals surface area (Å²) in [5.41, 5.74) is 5.13. The largest absolute Gasteiger partial charge is 0.505 e. The van der Waals surface area contributed by atoms with Gasteiger partial charge in [-0.15, -0.1) is 0 Å². The van der Waals surface area contributed by atoms with Crippen molar-refractivity contribution >= 4 is 29.1 Å². The SMILES string of the molecule is NC(=O)c1cc(Cl)c(O)c(Cl)c1. The minimum absolute atomic E-state index is 0.0105. The monoisotopic (exact) mass is 205 g/mol. The smallest absolute Gasteiger partial charge is 0.248 e. The number of hydrogen-bond donors (Lipinski definition) is 2. The first-order valence-electron chi connectivity index (χ1n) is 3.00. The van der Waals surface area contributed by atoms with Gasteiger partial charge in [-0.1, -0.05) is 23.2 Å². The fourth-order valence-electron chi connectivity index (χ4n) is 0.708. The fourth-order valence-corrected chi connectivity index (χ4v) is 1.19. The lowest BCUT2D eigenvalue weighted by molar-refractivity contribution is 0.100. The van der Waals surface area contributed by atoms with Gasteiger partial charge in [0.25, 0.3) is 0 Å². The summed E-state index contributed by atoms with van der Waals surface area (Å²) in [6.07, 6.45) is 0. The Kier molecular flexibility index (Phi) is 2.45. The lowest BCUT2D eigenvalue weighted by Crippen LogP contribution is -2.10. The molecule has 0 aliphatic rings. The van der Waals surface area contributed by atoms with Crippen LogP contribution in [0.5, 0.6) is 5.75 Å². The van der Waals surface area contributed by atoms with E-state index in [0.29, 0.717) is 0 Å². The van der Waals surface area contributed by atoms with Crippen molar-refractivity contribution in [1.82, 2.24) is 0 Å². The average molecular weight is 206 g/mol. The maximum atomic E-state index is 10.6. The number of rotatable bonds is 1. The highest BCUT2D eigenvalue weighted by atomic mass is 35.5. The highest BCUT2D eigenvalue weighted by molar-refractivity contribution is 6.37. The van der Waals surface area contributed by atoms with Gasteiger partial charge in [0.1, 0.15) is 0 Å². The van der Waals surface area contributed by atoms with Gasteiger partial charge in [-0.2, -0.15) is 0 Å². The van der Waals surface area contributed by atoms with Crippen LogP contribution in [0.25, 0.3) is 0 Å². The van der Waals surface area contributed by atoms with Crippen LogP contribution in [0, 0.1) is 0 Å². The molecule has 1 aromatic rings. The van der Waals surface area contributed by atoms with Gasteiger partial charge in [-0.3, -0.25) is 4.79 Å². The third-order valence-electron chi connectivity index (χ3n) is 1.30. The van der Waals surface area contributed by atoms with Gasteiger partial charge in [0.15, 0.2) is 5.75 Å². The van der Waals surface area contributed by atoms with E-state index in [4.69, 9.17) is 34.0 Å². The number of halogens is 2. The topological polar surface area (TPSA) is 63.3 Å². The number of phenols is 1. The molecule has 1 amide bonds. The number of phenolic OH excluding ortho intramolecular Hbond substituents is 1. The molecule has 0 saturated heterocycles. The molecule has 0 aromatic heterocycles. The van der Waals surface area contributed by atoms with Gasteiger partial charge in [-0.25, -0.2) is 0 Å². The second-order valence-corrected chi connectivity index (χ2v) is 2.97. The Morgan fingerprint density at radius 3 is 2.08 bits per heavy atom. The van der Waals surface area contributed by atoms with Gasteiger partial charge in [0.2, 0.25) is 5.91 Å². The number of hydrogen-bond acceptors (Lipinski definition) is 2. The van der Waals surface area contributed by atoms with Gasteiger partial charge < -0.3 is 10.8 Å². The van der Waals surface area contributed by atoms with Gasteiger partial charge in [0, 0.05) is 5.56 Å². The van der Waals surface area contributed by atoms with E-state index in [2.05, 4.69) is 0 Å². The van der Waals surface area contributed by atoms with Crippen molar-refractivity contribution in [2.75, 3.05) is 0 Å². The molecule has 0 aliphatic heterocycles. The van der Waals surface area contributed by atoms with E-state index in [1.165, 1.54) is 12.1 Å². The van der Waals surface area contributed by atoms with Crippen LogP contribution in [0.4, 0.5) is 0 Å². The summed E-state index contributed by atoms with van der Waals surface area (Å²) in [5.74, 6) is -0.887. The molecule has 0 aliphatic carbocycles.